The molecule has 6 rings (SSSR count). The predicted octanol–water partition coefficient (Wildman–Crippen LogP) is 0.0289. The molecule has 0 aliphatic carbocycles. The number of halogens is 6. The minimum atomic E-state index is 0. The first-order valence-corrected chi connectivity index (χ1v) is 24.0. The fourth-order valence-corrected chi connectivity index (χ4v) is 7.30. The first-order valence-electron chi connectivity index (χ1n) is 24.0. The van der Waals surface area contributed by atoms with E-state index in [1.807, 2.05) is 0 Å². The van der Waals surface area contributed by atoms with Crippen molar-refractivity contribution in [2.75, 3.05) is 0 Å². The molecule has 69 heavy (non-hydrogen) atoms. The van der Waals surface area contributed by atoms with Gasteiger partial charge in [0, 0.05) is 0 Å². The molecule has 0 fully saturated rings. The minimum absolute atomic E-state index is 0. The van der Waals surface area contributed by atoms with Crippen LogP contribution in [0.4, 0.5) is 0 Å². The smallest absolute Gasteiger partial charge is 1.00 e. The standard InChI is InChI=1S/2C11H17.2C10H15.2C9H13.6ClH.3Zr/c2*1-3-4-5-6-11-8-7-10(2)9-11;2*1-4-5-10-6-8(2)9(3)7-10;2*1-4-9-5-7(2)8(3)6-9;;;;;;;;;/h2*7-9H,3-6H2,1-2H3;2*6-7H,4-5H2,1-3H3;2*5-6H,4H2,1-3H3;6*1H;;;/q6*-1;;;;;;;3*+4/p-6. The summed E-state index contributed by atoms with van der Waals surface area (Å²) in [5.74, 6) is 0. The second-order valence-corrected chi connectivity index (χ2v) is 17.6. The summed E-state index contributed by atoms with van der Waals surface area (Å²) < 4.78 is 0. The Morgan fingerprint density at radius 1 is 0.319 bits per heavy atom. The third-order valence-electron chi connectivity index (χ3n) is 11.7. The van der Waals surface area contributed by atoms with E-state index in [2.05, 4.69) is 196 Å². The maximum atomic E-state index is 2.29. The molecule has 9 heteroatoms. The van der Waals surface area contributed by atoms with E-state index in [1.165, 1.54) is 166 Å². The Hall–Kier alpha value is 0.489. The number of hydrogen-bond donors (Lipinski definition) is 0. The number of unbranched alkanes of at least 4 members (excludes halogenated alkanes) is 4. The largest absolute Gasteiger partial charge is 4.00 e. The average Bonchev–Trinajstić information content (AvgIpc) is 4.08. The Labute approximate surface area is 521 Å². The van der Waals surface area contributed by atoms with Gasteiger partial charge >= 0.3 is 78.6 Å². The topological polar surface area (TPSA) is 0 Å². The van der Waals surface area contributed by atoms with Crippen molar-refractivity contribution < 1.29 is 153 Å². The summed E-state index contributed by atoms with van der Waals surface area (Å²) in [6.07, 6.45) is 17.9. The Kier molecular flexibility index (Phi) is 68.8. The zero-order valence-corrected chi connectivity index (χ0v) is 57.7. The molecule has 0 atom stereocenters. The first-order chi connectivity index (χ1) is 28.6. The SMILES string of the molecule is CCCCCc1cc[c-](C)c1.CCCCCc1cc[c-](C)c1.CCCc1cc(C)[c-](C)c1.CCCc1cc(C)[c-](C)c1.CCc1cc(C)[c-](C)c1.CCc1cc(C)[c-](C)c1.[Cl-].[Cl-].[Cl-].[Cl-].[Cl-].[Cl-].[Zr+4].[Zr+4].[Zr+4]. The molecule has 0 amide bonds. The zero-order valence-electron chi connectivity index (χ0n) is 45.8. The minimum Gasteiger partial charge on any atom is -1.00 e. The van der Waals surface area contributed by atoms with Crippen LogP contribution in [0.3, 0.4) is 0 Å². The maximum absolute atomic E-state index is 2.29. The monoisotopic (exact) mass is 1290 g/mol. The molecule has 0 N–H and O–H groups in total. The number of aryl methyl sites for hydroxylation is 16. The van der Waals surface area contributed by atoms with Gasteiger partial charge in [-0.1, -0.05) is 201 Å². The van der Waals surface area contributed by atoms with Gasteiger partial charge in [-0.25, -0.2) is 36.4 Å². The molecule has 0 aromatic heterocycles. The van der Waals surface area contributed by atoms with Crippen LogP contribution in [0.2, 0.25) is 0 Å². The van der Waals surface area contributed by atoms with Crippen LogP contribution in [0.15, 0.2) is 84.9 Å². The summed E-state index contributed by atoms with van der Waals surface area (Å²) in [4.78, 5) is 0. The third-order valence-corrected chi connectivity index (χ3v) is 11.7. The second kappa shape index (κ2) is 53.3. The van der Waals surface area contributed by atoms with Crippen LogP contribution in [0, 0.1) is 69.2 Å². The molecule has 0 saturated carbocycles. The molecule has 0 bridgehead atoms. The molecule has 0 spiro atoms. The quantitative estimate of drug-likeness (QED) is 0.107. The molecule has 0 unspecified atom stereocenters. The van der Waals surface area contributed by atoms with Crippen molar-refractivity contribution in [2.24, 2.45) is 0 Å². The van der Waals surface area contributed by atoms with E-state index in [1.54, 1.807) is 0 Å². The van der Waals surface area contributed by atoms with Gasteiger partial charge in [0.15, 0.2) is 0 Å². The fraction of sp³-hybridized carbons (Fsp3) is 0.500. The molecule has 6 aromatic rings. The predicted molar refractivity (Wildman–Crippen MR) is 273 cm³/mol. The van der Waals surface area contributed by atoms with Gasteiger partial charge in [-0.15, -0.1) is 0 Å². The second-order valence-electron chi connectivity index (χ2n) is 17.6. The maximum Gasteiger partial charge on any atom is 4.00 e. The van der Waals surface area contributed by atoms with Gasteiger partial charge in [0.25, 0.3) is 0 Å². The summed E-state index contributed by atoms with van der Waals surface area (Å²) in [6, 6.07) is 31.6. The first kappa shape index (κ1) is 89.1. The van der Waals surface area contributed by atoms with E-state index >= 15 is 0 Å². The molecule has 6 aromatic carbocycles. The van der Waals surface area contributed by atoms with Crippen LogP contribution >= 0.6 is 0 Å². The molecule has 0 aliphatic heterocycles. The summed E-state index contributed by atoms with van der Waals surface area (Å²) >= 11 is 0. The average molecular weight is 1300 g/mol. The van der Waals surface area contributed by atoms with E-state index < -0.39 is 0 Å². The molecule has 384 valence electrons. The number of hydrogen-bond acceptors (Lipinski definition) is 0. The molecule has 0 radical (unpaired) electrons. The van der Waals surface area contributed by atoms with E-state index in [4.69, 9.17) is 0 Å². The van der Waals surface area contributed by atoms with Crippen molar-refractivity contribution in [3.63, 3.8) is 0 Å². The van der Waals surface area contributed by atoms with Gasteiger partial charge in [0.1, 0.15) is 0 Å². The zero-order chi connectivity index (χ0) is 45.0. The summed E-state index contributed by atoms with van der Waals surface area (Å²) in [6.45, 7) is 35.0. The molecular weight excluding hydrogens is 1210 g/mol. The van der Waals surface area contributed by atoms with Crippen molar-refractivity contribution in [1.29, 1.82) is 0 Å². The molecule has 0 aliphatic rings. The summed E-state index contributed by atoms with van der Waals surface area (Å²) in [5, 5.41) is 0. The van der Waals surface area contributed by atoms with Gasteiger partial charge in [-0.05, 0) is 0 Å². The summed E-state index contributed by atoms with van der Waals surface area (Å²) in [5.41, 5.74) is 23.2. The van der Waals surface area contributed by atoms with Gasteiger partial charge in [-0.3, -0.25) is 0 Å². The van der Waals surface area contributed by atoms with Gasteiger partial charge in [-0.2, -0.15) is 138 Å². The molecule has 0 saturated heterocycles. The Bertz CT molecular complexity index is 1750. The van der Waals surface area contributed by atoms with Gasteiger partial charge in [0.05, 0.1) is 0 Å². The fourth-order valence-electron chi connectivity index (χ4n) is 7.30. The van der Waals surface area contributed by atoms with Crippen LogP contribution < -0.4 is 74.4 Å². The van der Waals surface area contributed by atoms with Crippen LogP contribution in [0.5, 0.6) is 0 Å². The Morgan fingerprint density at radius 2 is 0.580 bits per heavy atom. The van der Waals surface area contributed by atoms with Crippen LogP contribution in [-0.2, 0) is 117 Å². The molecule has 0 heterocycles. The molecule has 0 nitrogen and oxygen atoms in total. The van der Waals surface area contributed by atoms with Crippen molar-refractivity contribution in [3.05, 3.63) is 174 Å². The van der Waals surface area contributed by atoms with Crippen molar-refractivity contribution in [2.45, 2.75) is 201 Å². The van der Waals surface area contributed by atoms with E-state index in [0.717, 1.165) is 12.8 Å². The van der Waals surface area contributed by atoms with Gasteiger partial charge in [0.2, 0.25) is 0 Å². The van der Waals surface area contributed by atoms with E-state index in [0.29, 0.717) is 0 Å². The van der Waals surface area contributed by atoms with Crippen LogP contribution in [-0.4, -0.2) is 0 Å². The molecular formula is C60H90Cl6Zr3. The van der Waals surface area contributed by atoms with E-state index in [9.17, 15) is 0 Å². The van der Waals surface area contributed by atoms with Crippen LogP contribution in [0.25, 0.3) is 0 Å². The van der Waals surface area contributed by atoms with E-state index in [-0.39, 0.29) is 153 Å². The van der Waals surface area contributed by atoms with Gasteiger partial charge < -0.3 is 74.4 Å². The van der Waals surface area contributed by atoms with Crippen molar-refractivity contribution in [1.82, 2.24) is 0 Å². The Balaban J connectivity index is -0.0000000873. The third kappa shape index (κ3) is 40.5. The number of rotatable bonds is 14. The van der Waals surface area contributed by atoms with Crippen molar-refractivity contribution in [3.8, 4) is 0 Å². The summed E-state index contributed by atoms with van der Waals surface area (Å²) in [7, 11) is 0. The normalized spacial score (nSPS) is 8.93. The van der Waals surface area contributed by atoms with Crippen LogP contribution in [0.1, 0.15) is 182 Å². The Morgan fingerprint density at radius 3 is 0.739 bits per heavy atom. The van der Waals surface area contributed by atoms with Crippen molar-refractivity contribution >= 4 is 0 Å².